The van der Waals surface area contributed by atoms with E-state index in [-0.39, 0.29) is 11.6 Å². The molecule has 1 aliphatic heterocycles. The second kappa shape index (κ2) is 4.47. The molecule has 6 heteroatoms. The van der Waals surface area contributed by atoms with Gasteiger partial charge in [0.05, 0.1) is 11.6 Å². The van der Waals surface area contributed by atoms with E-state index in [1.54, 1.807) is 6.92 Å². The van der Waals surface area contributed by atoms with Gasteiger partial charge in [0.25, 0.3) is 5.56 Å². The molecular weight excluding hydrogens is 224 g/mol. The summed E-state index contributed by atoms with van der Waals surface area (Å²) in [5.74, 6) is 3.09. The lowest BCUT2D eigenvalue weighted by Crippen LogP contribution is -2.35. The molecule has 16 heavy (non-hydrogen) atoms. The number of thioether (sulfide) groups is 1. The molecule has 3 N–H and O–H groups in total. The monoisotopic (exact) mass is 240 g/mol. The van der Waals surface area contributed by atoms with Crippen molar-refractivity contribution in [1.82, 2.24) is 14.9 Å². The van der Waals surface area contributed by atoms with Gasteiger partial charge in [-0.3, -0.25) is 9.69 Å². The summed E-state index contributed by atoms with van der Waals surface area (Å²) in [6.45, 7) is 2.69. The molecule has 2 heterocycles. The molecule has 0 radical (unpaired) electrons. The minimum absolute atomic E-state index is 0.133. The number of rotatable bonds is 1. The van der Waals surface area contributed by atoms with Crippen LogP contribution in [0.15, 0.2) is 4.79 Å². The summed E-state index contributed by atoms with van der Waals surface area (Å²) < 4.78 is 0. The number of aromatic amines is 1. The molecule has 1 aromatic rings. The fourth-order valence-corrected chi connectivity index (χ4v) is 2.92. The van der Waals surface area contributed by atoms with E-state index >= 15 is 0 Å². The zero-order chi connectivity index (χ0) is 11.7. The van der Waals surface area contributed by atoms with Crippen LogP contribution < -0.4 is 11.3 Å². The van der Waals surface area contributed by atoms with Crippen molar-refractivity contribution in [2.75, 3.05) is 30.8 Å². The number of anilines is 1. The highest BCUT2D eigenvalue weighted by Crippen LogP contribution is 2.25. The maximum absolute atomic E-state index is 11.6. The second-order valence-corrected chi connectivity index (χ2v) is 5.18. The average molecular weight is 240 g/mol. The molecule has 0 amide bonds. The van der Waals surface area contributed by atoms with Crippen LogP contribution in [-0.4, -0.2) is 40.0 Å². The van der Waals surface area contributed by atoms with Gasteiger partial charge in [-0.15, -0.1) is 0 Å². The molecule has 0 aliphatic carbocycles. The van der Waals surface area contributed by atoms with Crippen molar-refractivity contribution in [3.63, 3.8) is 0 Å². The van der Waals surface area contributed by atoms with E-state index in [4.69, 9.17) is 5.73 Å². The zero-order valence-electron chi connectivity index (χ0n) is 9.49. The Labute approximate surface area is 98.4 Å². The van der Waals surface area contributed by atoms with Gasteiger partial charge in [-0.25, -0.2) is 4.98 Å². The Hall–Kier alpha value is -1.01. The second-order valence-electron chi connectivity index (χ2n) is 4.03. The molecule has 5 nitrogen and oxygen atoms in total. The summed E-state index contributed by atoms with van der Waals surface area (Å²) in [6, 6.07) is 0.161. The summed E-state index contributed by atoms with van der Waals surface area (Å²) in [5.41, 5.74) is 6.08. The Morgan fingerprint density at radius 3 is 3.00 bits per heavy atom. The molecule has 0 aromatic carbocycles. The van der Waals surface area contributed by atoms with E-state index in [2.05, 4.69) is 14.9 Å². The number of hydrogen-bond acceptors (Lipinski definition) is 5. The van der Waals surface area contributed by atoms with Crippen LogP contribution in [0.5, 0.6) is 0 Å². The third-order valence-corrected chi connectivity index (χ3v) is 3.94. The molecule has 88 valence electrons. The number of nitrogens with one attached hydrogen (secondary N) is 1. The Kier molecular flexibility index (Phi) is 3.20. The lowest BCUT2D eigenvalue weighted by atomic mass is 10.2. The molecule has 0 saturated carbocycles. The normalized spacial score (nSPS) is 22.2. The fraction of sp³-hybridized carbons (Fsp3) is 0.600. The first-order valence-electron chi connectivity index (χ1n) is 5.24. The van der Waals surface area contributed by atoms with Gasteiger partial charge in [0.2, 0.25) is 0 Å². The van der Waals surface area contributed by atoms with E-state index in [1.807, 2.05) is 18.8 Å². The topological polar surface area (TPSA) is 75.0 Å². The van der Waals surface area contributed by atoms with Gasteiger partial charge >= 0.3 is 0 Å². The molecule has 1 aromatic heterocycles. The molecular formula is C10H16N4OS. The minimum Gasteiger partial charge on any atom is -0.383 e. The van der Waals surface area contributed by atoms with Gasteiger partial charge in [-0.2, -0.15) is 11.8 Å². The number of aromatic nitrogens is 2. The van der Waals surface area contributed by atoms with Crippen molar-refractivity contribution in [3.05, 3.63) is 21.7 Å². The van der Waals surface area contributed by atoms with E-state index in [1.165, 1.54) is 0 Å². The van der Waals surface area contributed by atoms with Gasteiger partial charge in [0.15, 0.2) is 0 Å². The van der Waals surface area contributed by atoms with Crippen LogP contribution in [-0.2, 0) is 0 Å². The first-order valence-corrected chi connectivity index (χ1v) is 6.39. The molecule has 0 spiro atoms. The summed E-state index contributed by atoms with van der Waals surface area (Å²) in [4.78, 5) is 20.9. The molecule has 1 aliphatic rings. The number of hydrogen-bond donors (Lipinski definition) is 2. The minimum atomic E-state index is -0.133. The van der Waals surface area contributed by atoms with E-state index in [0.717, 1.165) is 18.1 Å². The van der Waals surface area contributed by atoms with Gasteiger partial charge in [-0.05, 0) is 14.0 Å². The van der Waals surface area contributed by atoms with Crippen LogP contribution in [0.25, 0.3) is 0 Å². The first kappa shape index (κ1) is 11.5. The molecule has 0 bridgehead atoms. The van der Waals surface area contributed by atoms with E-state index in [0.29, 0.717) is 17.2 Å². The maximum Gasteiger partial charge on any atom is 0.255 e. The zero-order valence-corrected chi connectivity index (χ0v) is 10.3. The van der Waals surface area contributed by atoms with Crippen LogP contribution in [0.2, 0.25) is 0 Å². The highest BCUT2D eigenvalue weighted by molar-refractivity contribution is 7.99. The molecule has 2 rings (SSSR count). The van der Waals surface area contributed by atoms with Crippen molar-refractivity contribution in [1.29, 1.82) is 0 Å². The van der Waals surface area contributed by atoms with Crippen molar-refractivity contribution < 1.29 is 0 Å². The number of nitrogens with two attached hydrogens (primary N) is 1. The molecule has 1 saturated heterocycles. The number of nitrogen functional groups attached to an aromatic ring is 1. The molecule has 1 atom stereocenters. The standard InChI is InChI=1S/C10H16N4OS/c1-6-8(11)12-9(13-10(6)15)7-5-16-4-3-14(7)2/h7H,3-5H2,1-2H3,(H3,11,12,13,15). The quantitative estimate of drug-likeness (QED) is 0.742. The van der Waals surface area contributed by atoms with Crippen LogP contribution in [0.3, 0.4) is 0 Å². The van der Waals surface area contributed by atoms with Gasteiger partial charge < -0.3 is 10.7 Å². The first-order chi connectivity index (χ1) is 7.59. The van der Waals surface area contributed by atoms with Crippen molar-refractivity contribution in [3.8, 4) is 0 Å². The number of H-pyrrole nitrogens is 1. The highest BCUT2D eigenvalue weighted by Gasteiger charge is 2.23. The van der Waals surface area contributed by atoms with E-state index in [9.17, 15) is 4.79 Å². The van der Waals surface area contributed by atoms with Crippen LogP contribution >= 0.6 is 11.8 Å². The lowest BCUT2D eigenvalue weighted by Gasteiger charge is -2.31. The van der Waals surface area contributed by atoms with Crippen molar-refractivity contribution in [2.45, 2.75) is 13.0 Å². The van der Waals surface area contributed by atoms with Crippen LogP contribution in [0, 0.1) is 6.92 Å². The number of nitrogens with zero attached hydrogens (tertiary/aromatic N) is 2. The summed E-state index contributed by atoms with van der Waals surface area (Å²) in [6.07, 6.45) is 0. The van der Waals surface area contributed by atoms with Gasteiger partial charge in [0, 0.05) is 18.1 Å². The van der Waals surface area contributed by atoms with Crippen LogP contribution in [0.4, 0.5) is 5.82 Å². The van der Waals surface area contributed by atoms with Gasteiger partial charge in [0.1, 0.15) is 11.6 Å². The van der Waals surface area contributed by atoms with Crippen molar-refractivity contribution >= 4 is 17.6 Å². The maximum atomic E-state index is 11.6. The average Bonchev–Trinajstić information content (AvgIpc) is 2.26. The lowest BCUT2D eigenvalue weighted by molar-refractivity contribution is 0.264. The SMILES string of the molecule is Cc1c(N)nc(C2CSCCN2C)[nH]c1=O. The smallest absolute Gasteiger partial charge is 0.255 e. The Bertz CT molecular complexity index is 445. The predicted molar refractivity (Wildman–Crippen MR) is 66.7 cm³/mol. The highest BCUT2D eigenvalue weighted by atomic mass is 32.2. The molecule has 1 unspecified atom stereocenters. The third-order valence-electron chi connectivity index (χ3n) is 2.92. The Morgan fingerprint density at radius 2 is 2.38 bits per heavy atom. The Morgan fingerprint density at radius 1 is 1.62 bits per heavy atom. The largest absolute Gasteiger partial charge is 0.383 e. The van der Waals surface area contributed by atoms with Gasteiger partial charge in [-0.1, -0.05) is 0 Å². The van der Waals surface area contributed by atoms with Crippen LogP contribution in [0.1, 0.15) is 17.4 Å². The van der Waals surface area contributed by atoms with E-state index < -0.39 is 0 Å². The third kappa shape index (κ3) is 2.08. The predicted octanol–water partition coefficient (Wildman–Crippen LogP) is 0.380. The summed E-state index contributed by atoms with van der Waals surface area (Å²) in [7, 11) is 2.04. The van der Waals surface area contributed by atoms with Crippen molar-refractivity contribution in [2.24, 2.45) is 0 Å². The summed E-state index contributed by atoms with van der Waals surface area (Å²) in [5, 5.41) is 0. The fourth-order valence-electron chi connectivity index (χ4n) is 1.70. The summed E-state index contributed by atoms with van der Waals surface area (Å²) >= 11 is 1.87. The Balaban J connectivity index is 2.36. The molecule has 1 fully saturated rings.